The lowest BCUT2D eigenvalue weighted by molar-refractivity contribution is -0.0407. The standard InChI is InChI=1S/C21H22F2/c1-2-4-16-6-8-17(9-7-16)18-10-12-19(13-11-18)20-5-3-14-21(22,23)15-20/h2,4,6-13,20H,3,5,14-15H2,1H3. The molecule has 0 radical (unpaired) electrons. The normalized spacial score (nSPS) is 20.7. The smallest absolute Gasteiger partial charge is 0.207 e. The molecule has 1 atom stereocenters. The molecule has 0 spiro atoms. The fraction of sp³-hybridized carbons (Fsp3) is 0.333. The Kier molecular flexibility index (Phi) is 4.61. The molecule has 1 fully saturated rings. The number of halogens is 2. The monoisotopic (exact) mass is 312 g/mol. The zero-order valence-corrected chi connectivity index (χ0v) is 13.4. The van der Waals surface area contributed by atoms with Gasteiger partial charge in [0.25, 0.3) is 0 Å². The van der Waals surface area contributed by atoms with Gasteiger partial charge < -0.3 is 0 Å². The zero-order valence-electron chi connectivity index (χ0n) is 13.4. The highest BCUT2D eigenvalue weighted by Gasteiger charge is 2.36. The molecule has 0 nitrogen and oxygen atoms in total. The van der Waals surface area contributed by atoms with E-state index in [1.54, 1.807) is 0 Å². The molecule has 0 saturated heterocycles. The van der Waals surface area contributed by atoms with Crippen molar-refractivity contribution in [3.63, 3.8) is 0 Å². The van der Waals surface area contributed by atoms with Crippen LogP contribution in [0.1, 0.15) is 49.7 Å². The molecule has 2 aromatic carbocycles. The van der Waals surface area contributed by atoms with Gasteiger partial charge in [-0.2, -0.15) is 0 Å². The predicted octanol–water partition coefficient (Wildman–Crippen LogP) is 6.68. The van der Waals surface area contributed by atoms with Crippen LogP contribution < -0.4 is 0 Å². The molecule has 1 unspecified atom stereocenters. The Morgan fingerprint density at radius 2 is 1.57 bits per heavy atom. The van der Waals surface area contributed by atoms with E-state index >= 15 is 0 Å². The van der Waals surface area contributed by atoms with E-state index in [0.29, 0.717) is 6.42 Å². The molecule has 1 saturated carbocycles. The van der Waals surface area contributed by atoms with Crippen LogP contribution in [0, 0.1) is 0 Å². The van der Waals surface area contributed by atoms with Crippen LogP contribution >= 0.6 is 0 Å². The van der Waals surface area contributed by atoms with Crippen molar-refractivity contribution in [2.45, 2.75) is 44.4 Å². The van der Waals surface area contributed by atoms with Crippen molar-refractivity contribution in [2.75, 3.05) is 0 Å². The zero-order chi connectivity index (χ0) is 16.3. The van der Waals surface area contributed by atoms with Crippen molar-refractivity contribution in [1.82, 2.24) is 0 Å². The number of hydrogen-bond acceptors (Lipinski definition) is 0. The Bertz CT molecular complexity index is 666. The summed E-state index contributed by atoms with van der Waals surface area (Å²) < 4.78 is 27.2. The molecule has 0 N–H and O–H groups in total. The van der Waals surface area contributed by atoms with E-state index in [4.69, 9.17) is 0 Å². The number of allylic oxidation sites excluding steroid dienone is 1. The Balaban J connectivity index is 1.76. The summed E-state index contributed by atoms with van der Waals surface area (Å²) in [4.78, 5) is 0. The van der Waals surface area contributed by atoms with Crippen molar-refractivity contribution in [2.24, 2.45) is 0 Å². The van der Waals surface area contributed by atoms with E-state index in [0.717, 1.165) is 23.1 Å². The van der Waals surface area contributed by atoms with Gasteiger partial charge in [0, 0.05) is 12.8 Å². The molecule has 3 rings (SSSR count). The van der Waals surface area contributed by atoms with Crippen LogP contribution in [-0.4, -0.2) is 5.92 Å². The van der Waals surface area contributed by atoms with Gasteiger partial charge in [0.05, 0.1) is 0 Å². The van der Waals surface area contributed by atoms with Gasteiger partial charge in [-0.15, -0.1) is 0 Å². The average Bonchev–Trinajstić information content (AvgIpc) is 2.55. The Labute approximate surface area is 136 Å². The van der Waals surface area contributed by atoms with E-state index in [-0.39, 0.29) is 18.8 Å². The maximum atomic E-state index is 13.6. The highest BCUT2D eigenvalue weighted by atomic mass is 19.3. The molecule has 23 heavy (non-hydrogen) atoms. The number of rotatable bonds is 3. The van der Waals surface area contributed by atoms with Crippen molar-refractivity contribution < 1.29 is 8.78 Å². The summed E-state index contributed by atoms with van der Waals surface area (Å²) in [6.07, 6.45) is 5.60. The second-order valence-electron chi connectivity index (χ2n) is 6.39. The van der Waals surface area contributed by atoms with Gasteiger partial charge >= 0.3 is 0 Å². The first-order valence-corrected chi connectivity index (χ1v) is 8.28. The lowest BCUT2D eigenvalue weighted by atomic mass is 9.81. The highest BCUT2D eigenvalue weighted by molar-refractivity contribution is 5.66. The van der Waals surface area contributed by atoms with E-state index < -0.39 is 5.92 Å². The maximum absolute atomic E-state index is 13.6. The van der Waals surface area contributed by atoms with E-state index in [9.17, 15) is 8.78 Å². The lowest BCUT2D eigenvalue weighted by Gasteiger charge is -2.29. The van der Waals surface area contributed by atoms with Gasteiger partial charge in [0.1, 0.15) is 0 Å². The largest absolute Gasteiger partial charge is 0.248 e. The second-order valence-corrected chi connectivity index (χ2v) is 6.39. The predicted molar refractivity (Wildman–Crippen MR) is 92.7 cm³/mol. The van der Waals surface area contributed by atoms with Crippen LogP contribution in [0.2, 0.25) is 0 Å². The van der Waals surface area contributed by atoms with Crippen LogP contribution in [0.25, 0.3) is 17.2 Å². The van der Waals surface area contributed by atoms with Gasteiger partial charge in [-0.05, 0) is 47.9 Å². The quantitative estimate of drug-likeness (QED) is 0.593. The fourth-order valence-corrected chi connectivity index (χ4v) is 3.38. The van der Waals surface area contributed by atoms with Crippen molar-refractivity contribution >= 4 is 6.08 Å². The van der Waals surface area contributed by atoms with Gasteiger partial charge in [-0.3, -0.25) is 0 Å². The molecule has 0 amide bonds. The van der Waals surface area contributed by atoms with E-state index in [1.165, 1.54) is 5.56 Å². The molecule has 2 heteroatoms. The highest BCUT2D eigenvalue weighted by Crippen LogP contribution is 2.41. The molecule has 1 aliphatic rings. The summed E-state index contributed by atoms with van der Waals surface area (Å²) in [5, 5.41) is 0. The lowest BCUT2D eigenvalue weighted by Crippen LogP contribution is -2.24. The third-order valence-electron chi connectivity index (χ3n) is 4.63. The van der Waals surface area contributed by atoms with Gasteiger partial charge in [-0.25, -0.2) is 8.78 Å². The first-order chi connectivity index (χ1) is 11.1. The summed E-state index contributed by atoms with van der Waals surface area (Å²) in [5.41, 5.74) is 4.50. The minimum atomic E-state index is -2.50. The second kappa shape index (κ2) is 6.66. The van der Waals surface area contributed by atoms with Gasteiger partial charge in [-0.1, -0.05) is 60.7 Å². The molecule has 120 valence electrons. The van der Waals surface area contributed by atoms with E-state index in [1.807, 2.05) is 37.3 Å². The Morgan fingerprint density at radius 1 is 0.957 bits per heavy atom. The third kappa shape index (κ3) is 3.87. The minimum absolute atomic E-state index is 0.00938. The SMILES string of the molecule is CC=Cc1ccc(-c2ccc(C3CCCC(F)(F)C3)cc2)cc1. The first-order valence-electron chi connectivity index (χ1n) is 8.28. The summed E-state index contributed by atoms with van der Waals surface area (Å²) in [7, 11) is 0. The Hall–Kier alpha value is -1.96. The summed E-state index contributed by atoms with van der Waals surface area (Å²) in [5.74, 6) is -2.51. The van der Waals surface area contributed by atoms with Crippen molar-refractivity contribution in [1.29, 1.82) is 0 Å². The molecule has 0 bridgehead atoms. The molecule has 0 aliphatic heterocycles. The Morgan fingerprint density at radius 3 is 2.13 bits per heavy atom. The van der Waals surface area contributed by atoms with Crippen LogP contribution in [0.4, 0.5) is 8.78 Å². The fourth-order valence-electron chi connectivity index (χ4n) is 3.38. The number of benzene rings is 2. The van der Waals surface area contributed by atoms with Gasteiger partial charge in [0.2, 0.25) is 5.92 Å². The van der Waals surface area contributed by atoms with Crippen molar-refractivity contribution in [3.05, 3.63) is 65.7 Å². The summed E-state index contributed by atoms with van der Waals surface area (Å²) >= 11 is 0. The third-order valence-corrected chi connectivity index (χ3v) is 4.63. The molecule has 0 aromatic heterocycles. The van der Waals surface area contributed by atoms with Crippen LogP contribution in [-0.2, 0) is 0 Å². The van der Waals surface area contributed by atoms with Crippen molar-refractivity contribution in [3.8, 4) is 11.1 Å². The van der Waals surface area contributed by atoms with E-state index in [2.05, 4.69) is 30.3 Å². The maximum Gasteiger partial charge on any atom is 0.248 e. The number of hydrogen-bond donors (Lipinski definition) is 0. The van der Waals surface area contributed by atoms with Gasteiger partial charge in [0.15, 0.2) is 0 Å². The van der Waals surface area contributed by atoms with Crippen LogP contribution in [0.15, 0.2) is 54.6 Å². The molecular formula is C21H22F2. The first kappa shape index (κ1) is 15.9. The molecule has 2 aromatic rings. The number of alkyl halides is 2. The topological polar surface area (TPSA) is 0 Å². The molecule has 0 heterocycles. The average molecular weight is 312 g/mol. The molecular weight excluding hydrogens is 290 g/mol. The minimum Gasteiger partial charge on any atom is -0.207 e. The van der Waals surface area contributed by atoms with Crippen LogP contribution in [0.3, 0.4) is 0 Å². The summed E-state index contributed by atoms with van der Waals surface area (Å²) in [6, 6.07) is 16.5. The molecule has 1 aliphatic carbocycles. The van der Waals surface area contributed by atoms with Crippen LogP contribution in [0.5, 0.6) is 0 Å². The summed E-state index contributed by atoms with van der Waals surface area (Å²) in [6.45, 7) is 2.00.